The fourth-order valence-corrected chi connectivity index (χ4v) is 8.18. The first-order chi connectivity index (χ1) is 27.4. The van der Waals surface area contributed by atoms with Gasteiger partial charge >= 0.3 is 6.18 Å². The smallest absolute Gasteiger partial charge is 0.417 e. The van der Waals surface area contributed by atoms with Crippen molar-refractivity contribution >= 4 is 56.9 Å². The van der Waals surface area contributed by atoms with Crippen LogP contribution in [0, 0.1) is 0 Å². The minimum atomic E-state index is -4.57. The maximum atomic E-state index is 14.3. The number of hydrogen-bond acceptors (Lipinski definition) is 10. The number of carbonyl (C=O) groups is 3. The first-order valence-electron chi connectivity index (χ1n) is 18.8. The molecule has 2 aromatic heterocycles. The lowest BCUT2D eigenvalue weighted by molar-refractivity contribution is -0.138. The number of anilines is 1. The molecule has 3 amide bonds. The van der Waals surface area contributed by atoms with Gasteiger partial charge in [0.15, 0.2) is 0 Å². The van der Waals surface area contributed by atoms with E-state index in [1.165, 1.54) is 22.3 Å². The molecule has 1 fully saturated rings. The molecule has 0 aliphatic carbocycles. The SMILES string of the molecule is CC.CC.CN(C)c1ccc(-c2ccc(-c3nc4ccc(SCCOCCOc5ccc6c(c5)CN(C5CCC(=O)NC5=O)C6=O)cc4s3)c(C(F)(F)F)c2)cn1. The van der Waals surface area contributed by atoms with Crippen molar-refractivity contribution in [3.63, 3.8) is 0 Å². The van der Waals surface area contributed by atoms with Crippen LogP contribution in [-0.4, -0.2) is 78.3 Å². The number of carbonyl (C=O) groups excluding carboxylic acids is 3. The molecule has 57 heavy (non-hydrogen) atoms. The van der Waals surface area contributed by atoms with Gasteiger partial charge in [-0.2, -0.15) is 13.2 Å². The number of hydrogen-bond donors (Lipinski definition) is 1. The highest BCUT2D eigenvalue weighted by Crippen LogP contribution is 2.42. The van der Waals surface area contributed by atoms with E-state index in [0.29, 0.717) is 70.8 Å². The summed E-state index contributed by atoms with van der Waals surface area (Å²) in [6.07, 6.45) is -2.50. The van der Waals surface area contributed by atoms with Crippen molar-refractivity contribution in [1.82, 2.24) is 20.2 Å². The minimum Gasteiger partial charge on any atom is -0.491 e. The van der Waals surface area contributed by atoms with Gasteiger partial charge in [-0.3, -0.25) is 19.7 Å². The van der Waals surface area contributed by atoms with Crippen LogP contribution in [0.4, 0.5) is 19.0 Å². The third-order valence-corrected chi connectivity index (χ3v) is 11.0. The van der Waals surface area contributed by atoms with E-state index in [1.807, 2.05) is 64.9 Å². The molecule has 1 unspecified atom stereocenters. The average molecular weight is 822 g/mol. The molecule has 15 heteroatoms. The molecular weight excluding hydrogens is 776 g/mol. The molecule has 0 saturated carbocycles. The molecule has 0 bridgehead atoms. The molecule has 2 aliphatic rings. The number of thiazole rings is 1. The highest BCUT2D eigenvalue weighted by molar-refractivity contribution is 7.99. The Morgan fingerprint density at radius 2 is 1.67 bits per heavy atom. The number of halogens is 3. The van der Waals surface area contributed by atoms with E-state index in [4.69, 9.17) is 9.47 Å². The van der Waals surface area contributed by atoms with E-state index >= 15 is 0 Å². The number of benzene rings is 3. The first kappa shape index (κ1) is 43.1. The maximum Gasteiger partial charge on any atom is 0.417 e. The van der Waals surface area contributed by atoms with Gasteiger partial charge in [0.25, 0.3) is 5.91 Å². The molecular formula is C42H46F3N5O5S2. The molecule has 5 aromatic rings. The molecule has 1 saturated heterocycles. The van der Waals surface area contributed by atoms with Crippen LogP contribution in [0.3, 0.4) is 0 Å². The quantitative estimate of drug-likeness (QED) is 0.0748. The zero-order valence-electron chi connectivity index (χ0n) is 32.7. The summed E-state index contributed by atoms with van der Waals surface area (Å²) in [7, 11) is 3.69. The van der Waals surface area contributed by atoms with E-state index in [1.54, 1.807) is 54.4 Å². The number of amides is 3. The van der Waals surface area contributed by atoms with Gasteiger partial charge in [-0.05, 0) is 72.1 Å². The van der Waals surface area contributed by atoms with Crippen molar-refractivity contribution in [2.45, 2.75) is 64.2 Å². The van der Waals surface area contributed by atoms with Gasteiger partial charge in [-0.1, -0.05) is 39.8 Å². The predicted octanol–water partition coefficient (Wildman–Crippen LogP) is 9.11. The fraction of sp³-hybridized carbons (Fsp3) is 0.357. The minimum absolute atomic E-state index is 0.0349. The Hall–Kier alpha value is -4.99. The lowest BCUT2D eigenvalue weighted by Gasteiger charge is -2.29. The largest absolute Gasteiger partial charge is 0.491 e. The van der Waals surface area contributed by atoms with Crippen molar-refractivity contribution < 1.29 is 37.0 Å². The van der Waals surface area contributed by atoms with Crippen molar-refractivity contribution in [3.8, 4) is 27.4 Å². The standard InChI is InChI=1S/C38H34F3N5O5S2.2C2H6/c1-45(2)33-11-4-23(20-42-33)22-3-7-28(29(18-22)38(39,40)41)36-43-30-9-6-26(19-32(30)53-36)52-16-15-50-13-14-51-25-5-8-27-24(17-25)21-46(37(27)49)31-10-12-34(47)44-35(31)48;2*1-2/h3-9,11,17-20,31H,10,12-16,21H2,1-2H3,(H,44,47,48);2*1-2H3. The summed E-state index contributed by atoms with van der Waals surface area (Å²) in [5, 5.41) is 2.60. The van der Waals surface area contributed by atoms with Crippen molar-refractivity contribution in [3.05, 3.63) is 89.6 Å². The Bertz CT molecular complexity index is 2190. The number of nitrogens with one attached hydrogen (secondary N) is 1. The van der Waals surface area contributed by atoms with Crippen LogP contribution >= 0.6 is 23.1 Å². The number of rotatable bonds is 12. The monoisotopic (exact) mass is 821 g/mol. The Balaban J connectivity index is 0.00000150. The maximum absolute atomic E-state index is 14.3. The van der Waals surface area contributed by atoms with Crippen LogP contribution in [0.1, 0.15) is 62.0 Å². The van der Waals surface area contributed by atoms with Crippen LogP contribution in [0.5, 0.6) is 5.75 Å². The molecule has 3 aromatic carbocycles. The summed E-state index contributed by atoms with van der Waals surface area (Å²) >= 11 is 2.79. The highest BCUT2D eigenvalue weighted by Gasteiger charge is 2.39. The predicted molar refractivity (Wildman–Crippen MR) is 220 cm³/mol. The summed E-state index contributed by atoms with van der Waals surface area (Å²) in [6, 6.07) is 18.0. The average Bonchev–Trinajstić information content (AvgIpc) is 3.78. The molecule has 0 spiro atoms. The Labute approximate surface area is 338 Å². The third kappa shape index (κ3) is 10.3. The Kier molecular flexibility index (Phi) is 14.7. The lowest BCUT2D eigenvalue weighted by atomic mass is 10.00. The summed E-state index contributed by atoms with van der Waals surface area (Å²) < 4.78 is 55.3. The number of aromatic nitrogens is 2. The van der Waals surface area contributed by atoms with Gasteiger partial charge in [-0.25, -0.2) is 9.97 Å². The fourth-order valence-electron chi connectivity index (χ4n) is 6.26. The van der Waals surface area contributed by atoms with Gasteiger partial charge in [0, 0.05) is 60.6 Å². The van der Waals surface area contributed by atoms with E-state index in [-0.39, 0.29) is 30.3 Å². The number of pyridine rings is 1. The van der Waals surface area contributed by atoms with Crippen LogP contribution < -0.4 is 15.0 Å². The normalized spacial score (nSPS) is 15.0. The second kappa shape index (κ2) is 19.4. The van der Waals surface area contributed by atoms with E-state index in [0.717, 1.165) is 21.2 Å². The molecule has 1 atom stereocenters. The third-order valence-electron chi connectivity index (χ3n) is 8.94. The van der Waals surface area contributed by atoms with E-state index < -0.39 is 23.7 Å². The van der Waals surface area contributed by atoms with Crippen molar-refractivity contribution in [2.75, 3.05) is 44.6 Å². The Morgan fingerprint density at radius 3 is 2.37 bits per heavy atom. The molecule has 4 heterocycles. The van der Waals surface area contributed by atoms with Crippen molar-refractivity contribution in [2.24, 2.45) is 0 Å². The van der Waals surface area contributed by atoms with E-state index in [9.17, 15) is 27.6 Å². The summed E-state index contributed by atoms with van der Waals surface area (Å²) in [4.78, 5) is 49.8. The number of piperidine rings is 1. The van der Waals surface area contributed by atoms with Crippen LogP contribution in [0.2, 0.25) is 0 Å². The van der Waals surface area contributed by atoms with Crippen LogP contribution in [-0.2, 0) is 27.0 Å². The van der Waals surface area contributed by atoms with E-state index in [2.05, 4.69) is 15.3 Å². The highest BCUT2D eigenvalue weighted by atomic mass is 32.2. The number of thioether (sulfide) groups is 1. The molecule has 10 nitrogen and oxygen atoms in total. The molecule has 2 aliphatic heterocycles. The molecule has 0 radical (unpaired) electrons. The van der Waals surface area contributed by atoms with Gasteiger partial charge in [0.05, 0.1) is 29.0 Å². The van der Waals surface area contributed by atoms with Gasteiger partial charge in [-0.15, -0.1) is 23.1 Å². The number of nitrogens with zero attached hydrogens (tertiary/aromatic N) is 4. The molecule has 1 N–H and O–H groups in total. The van der Waals surface area contributed by atoms with Gasteiger partial charge in [0.1, 0.15) is 29.2 Å². The first-order valence-corrected chi connectivity index (χ1v) is 20.6. The second-order valence-corrected chi connectivity index (χ2v) is 14.9. The van der Waals surface area contributed by atoms with Gasteiger partial charge < -0.3 is 19.3 Å². The van der Waals surface area contributed by atoms with Crippen molar-refractivity contribution in [1.29, 1.82) is 0 Å². The number of alkyl halides is 3. The van der Waals surface area contributed by atoms with Gasteiger partial charge in [0.2, 0.25) is 11.8 Å². The zero-order valence-corrected chi connectivity index (χ0v) is 34.4. The van der Waals surface area contributed by atoms with Crippen LogP contribution in [0.15, 0.2) is 77.8 Å². The van der Waals surface area contributed by atoms with Crippen LogP contribution in [0.25, 0.3) is 31.9 Å². The number of imide groups is 1. The molecule has 302 valence electrons. The summed E-state index contributed by atoms with van der Waals surface area (Å²) in [5.41, 5.74) is 2.21. The zero-order chi connectivity index (χ0) is 41.3. The lowest BCUT2D eigenvalue weighted by Crippen LogP contribution is -2.52. The summed E-state index contributed by atoms with van der Waals surface area (Å²) in [5.74, 6) is 0.933. The number of fused-ring (bicyclic) bond motifs is 2. The second-order valence-electron chi connectivity index (χ2n) is 12.7. The number of ether oxygens (including phenoxy) is 2. The molecule has 7 rings (SSSR count). The summed E-state index contributed by atoms with van der Waals surface area (Å²) in [6.45, 7) is 9.36. The topological polar surface area (TPSA) is 114 Å². The Morgan fingerprint density at radius 1 is 0.912 bits per heavy atom.